The van der Waals surface area contributed by atoms with Crippen LogP contribution in [-0.4, -0.2) is 8.94 Å². The van der Waals surface area contributed by atoms with Gasteiger partial charge in [0.2, 0.25) is 11.5 Å². The fraction of sp³-hybridized carbons (Fsp3) is 0.0833. The standard InChI is InChI=1S/C12H11N4S/c1-15-11-7-3-5-9-16(11)12(17-15)14-10-6-2-4-8-13-10/h2-9H,1H3/q+1/b14-12-. The van der Waals surface area contributed by atoms with Gasteiger partial charge in [0.05, 0.1) is 24.8 Å². The van der Waals surface area contributed by atoms with Crippen molar-refractivity contribution in [2.24, 2.45) is 12.0 Å². The molecule has 0 unspecified atom stereocenters. The first-order chi connectivity index (χ1) is 8.34. The number of hydrogen-bond donors (Lipinski definition) is 0. The molecule has 5 heteroatoms. The van der Waals surface area contributed by atoms with E-state index in [1.807, 2.05) is 43.6 Å². The molecule has 0 aliphatic rings. The van der Waals surface area contributed by atoms with Crippen LogP contribution < -0.4 is 9.20 Å². The SMILES string of the molecule is Cn1s/c(=N\c2ccccn2)[n+]2ccccc12. The number of pyridine rings is 2. The third-order valence-electron chi connectivity index (χ3n) is 2.45. The fourth-order valence-electron chi connectivity index (χ4n) is 1.66. The molecule has 4 nitrogen and oxygen atoms in total. The van der Waals surface area contributed by atoms with Crippen molar-refractivity contribution < 1.29 is 4.40 Å². The van der Waals surface area contributed by atoms with Crippen LogP contribution in [0.5, 0.6) is 0 Å². The summed E-state index contributed by atoms with van der Waals surface area (Å²) in [5, 5.41) is 0. The van der Waals surface area contributed by atoms with Gasteiger partial charge in [-0.1, -0.05) is 17.1 Å². The van der Waals surface area contributed by atoms with Gasteiger partial charge >= 0.3 is 4.80 Å². The molecule has 0 atom stereocenters. The highest BCUT2D eigenvalue weighted by Crippen LogP contribution is 2.04. The lowest BCUT2D eigenvalue weighted by Gasteiger charge is -1.86. The molecule has 0 N–H and O–H groups in total. The number of aryl methyl sites for hydroxylation is 1. The fourth-order valence-corrected chi connectivity index (χ4v) is 2.52. The summed E-state index contributed by atoms with van der Waals surface area (Å²) in [7, 11) is 2.03. The largest absolute Gasteiger partial charge is 0.358 e. The molecule has 0 saturated heterocycles. The second-order valence-corrected chi connectivity index (χ2v) is 4.70. The monoisotopic (exact) mass is 243 g/mol. The smallest absolute Gasteiger partial charge is 0.222 e. The van der Waals surface area contributed by atoms with Crippen molar-refractivity contribution in [2.45, 2.75) is 0 Å². The van der Waals surface area contributed by atoms with Crippen molar-refractivity contribution in [1.82, 2.24) is 8.94 Å². The topological polar surface area (TPSA) is 34.3 Å². The van der Waals surface area contributed by atoms with Gasteiger partial charge in [-0.05, 0) is 12.1 Å². The Morgan fingerprint density at radius 2 is 2.12 bits per heavy atom. The predicted octanol–water partition coefficient (Wildman–Crippen LogP) is 1.45. The Morgan fingerprint density at radius 3 is 2.94 bits per heavy atom. The molecule has 0 aliphatic heterocycles. The van der Waals surface area contributed by atoms with Crippen LogP contribution in [0, 0.1) is 0 Å². The lowest BCUT2D eigenvalue weighted by Crippen LogP contribution is -2.35. The molecule has 0 saturated carbocycles. The van der Waals surface area contributed by atoms with Gasteiger partial charge in [0.25, 0.3) is 0 Å². The van der Waals surface area contributed by atoms with E-state index in [4.69, 9.17) is 0 Å². The Kier molecular flexibility index (Phi) is 2.45. The zero-order chi connectivity index (χ0) is 11.7. The van der Waals surface area contributed by atoms with Gasteiger partial charge in [0, 0.05) is 18.3 Å². The highest BCUT2D eigenvalue weighted by atomic mass is 32.1. The Hall–Kier alpha value is -2.01. The summed E-state index contributed by atoms with van der Waals surface area (Å²) in [6, 6.07) is 11.8. The van der Waals surface area contributed by atoms with Crippen LogP contribution in [0.1, 0.15) is 0 Å². The summed E-state index contributed by atoms with van der Waals surface area (Å²) < 4.78 is 4.14. The van der Waals surface area contributed by atoms with Gasteiger partial charge < -0.3 is 0 Å². The van der Waals surface area contributed by atoms with E-state index < -0.39 is 0 Å². The summed E-state index contributed by atoms with van der Waals surface area (Å²) in [6.07, 6.45) is 3.76. The minimum absolute atomic E-state index is 0.729. The molecule has 17 heavy (non-hydrogen) atoms. The summed E-state index contributed by atoms with van der Waals surface area (Å²) in [4.78, 5) is 9.67. The Labute approximate surface area is 102 Å². The van der Waals surface area contributed by atoms with E-state index in [0.29, 0.717) is 0 Å². The van der Waals surface area contributed by atoms with Gasteiger partial charge in [0.1, 0.15) is 0 Å². The van der Waals surface area contributed by atoms with E-state index in [1.54, 1.807) is 17.7 Å². The third-order valence-corrected chi connectivity index (χ3v) is 3.36. The highest BCUT2D eigenvalue weighted by molar-refractivity contribution is 7.03. The molecule has 3 aromatic rings. The number of aromatic nitrogens is 3. The molecule has 0 fully saturated rings. The molecule has 0 radical (unpaired) electrons. The second-order valence-electron chi connectivity index (χ2n) is 3.60. The van der Waals surface area contributed by atoms with Crippen LogP contribution in [0.2, 0.25) is 0 Å². The summed E-state index contributed by atoms with van der Waals surface area (Å²) in [5.74, 6) is 0.729. The first-order valence-electron chi connectivity index (χ1n) is 5.27. The third kappa shape index (κ3) is 1.85. The first kappa shape index (κ1) is 10.2. The molecule has 0 amide bonds. The van der Waals surface area contributed by atoms with Gasteiger partial charge in [-0.25, -0.2) is 8.94 Å². The molecule has 0 aromatic carbocycles. The van der Waals surface area contributed by atoms with E-state index in [2.05, 4.69) is 24.4 Å². The van der Waals surface area contributed by atoms with Crippen molar-refractivity contribution >= 4 is 23.0 Å². The summed E-state index contributed by atoms with van der Waals surface area (Å²) in [5.41, 5.74) is 1.12. The first-order valence-corrected chi connectivity index (χ1v) is 6.04. The zero-order valence-electron chi connectivity index (χ0n) is 9.32. The highest BCUT2D eigenvalue weighted by Gasteiger charge is 2.09. The Balaban J connectivity index is 2.28. The molecule has 0 aliphatic carbocycles. The number of nitrogens with zero attached hydrogens (tertiary/aromatic N) is 4. The van der Waals surface area contributed by atoms with E-state index >= 15 is 0 Å². The molecule has 84 valence electrons. The van der Waals surface area contributed by atoms with Crippen molar-refractivity contribution in [2.75, 3.05) is 0 Å². The lowest BCUT2D eigenvalue weighted by atomic mass is 10.5. The number of rotatable bonds is 1. The van der Waals surface area contributed by atoms with Crippen LogP contribution in [0.15, 0.2) is 53.8 Å². The molecule has 3 heterocycles. The van der Waals surface area contributed by atoms with Gasteiger partial charge in [-0.2, -0.15) is 4.40 Å². The average Bonchev–Trinajstić information content (AvgIpc) is 2.69. The minimum atomic E-state index is 0.729. The van der Waals surface area contributed by atoms with Crippen LogP contribution in [0.4, 0.5) is 5.82 Å². The van der Waals surface area contributed by atoms with Crippen molar-refractivity contribution in [1.29, 1.82) is 0 Å². The Bertz CT molecular complexity index is 712. The maximum atomic E-state index is 4.54. The van der Waals surface area contributed by atoms with Crippen molar-refractivity contribution in [3.8, 4) is 0 Å². The zero-order valence-corrected chi connectivity index (χ0v) is 10.1. The summed E-state index contributed by atoms with van der Waals surface area (Å²) in [6.45, 7) is 0. The van der Waals surface area contributed by atoms with E-state index in [9.17, 15) is 0 Å². The summed E-state index contributed by atoms with van der Waals surface area (Å²) >= 11 is 1.60. The maximum Gasteiger partial charge on any atom is 0.358 e. The quantitative estimate of drug-likeness (QED) is 0.596. The van der Waals surface area contributed by atoms with Crippen LogP contribution >= 0.6 is 11.5 Å². The molecule has 3 rings (SSSR count). The number of hydrogen-bond acceptors (Lipinski definition) is 3. The van der Waals surface area contributed by atoms with E-state index in [1.165, 1.54) is 0 Å². The van der Waals surface area contributed by atoms with Crippen molar-refractivity contribution in [3.05, 3.63) is 53.6 Å². The van der Waals surface area contributed by atoms with Crippen LogP contribution in [-0.2, 0) is 7.05 Å². The molecular weight excluding hydrogens is 232 g/mol. The number of fused-ring (bicyclic) bond motifs is 1. The lowest BCUT2D eigenvalue weighted by molar-refractivity contribution is -0.526. The molecule has 3 aromatic heterocycles. The Morgan fingerprint density at radius 1 is 1.24 bits per heavy atom. The predicted molar refractivity (Wildman–Crippen MR) is 65.9 cm³/mol. The van der Waals surface area contributed by atoms with Gasteiger partial charge in [-0.15, -0.1) is 0 Å². The molecule has 0 bridgehead atoms. The molecule has 0 spiro atoms. The van der Waals surface area contributed by atoms with E-state index in [0.717, 1.165) is 16.3 Å². The minimum Gasteiger partial charge on any atom is -0.222 e. The maximum absolute atomic E-state index is 4.54. The normalized spacial score (nSPS) is 12.2. The molecular formula is C12H11N4S+. The van der Waals surface area contributed by atoms with E-state index in [-0.39, 0.29) is 0 Å². The van der Waals surface area contributed by atoms with Crippen molar-refractivity contribution in [3.63, 3.8) is 0 Å². The average molecular weight is 243 g/mol. The van der Waals surface area contributed by atoms with Crippen LogP contribution in [0.3, 0.4) is 0 Å². The van der Waals surface area contributed by atoms with Crippen LogP contribution in [0.25, 0.3) is 5.65 Å². The van der Waals surface area contributed by atoms with Gasteiger partial charge in [0.15, 0.2) is 0 Å². The second kappa shape index (κ2) is 4.10. The van der Waals surface area contributed by atoms with Gasteiger partial charge in [-0.3, -0.25) is 0 Å².